The number of alkyl halides is 3. The van der Waals surface area contributed by atoms with Crippen LogP contribution in [0.1, 0.15) is 11.1 Å². The smallest absolute Gasteiger partial charge is 0.416 e. The minimum absolute atomic E-state index is 0.0117. The number of rotatable bonds is 7. The number of carbonyl (C=O) groups excluding carboxylic acids is 1. The van der Waals surface area contributed by atoms with Crippen LogP contribution in [0.3, 0.4) is 0 Å². The molecule has 0 spiro atoms. The Labute approximate surface area is 159 Å². The topological polar surface area (TPSA) is 63.4 Å². The number of methoxy groups -OCH3 is 1. The van der Waals surface area contributed by atoms with E-state index in [4.69, 9.17) is 9.47 Å². The number of hydrogen-bond acceptors (Lipinski definition) is 3. The number of halogens is 3. The zero-order valence-corrected chi connectivity index (χ0v) is 15.1. The molecule has 0 bridgehead atoms. The molecule has 1 heterocycles. The third-order valence-corrected chi connectivity index (χ3v) is 4.15. The number of anilines is 1. The number of ether oxygens (including phenoxy) is 2. The molecular weight excluding hydrogens is 373 g/mol. The van der Waals surface area contributed by atoms with E-state index >= 15 is 0 Å². The molecule has 0 atom stereocenters. The molecule has 5 nitrogen and oxygen atoms in total. The molecule has 2 N–H and O–H groups in total. The molecule has 2 aromatic carbocycles. The summed E-state index contributed by atoms with van der Waals surface area (Å²) in [6.45, 7) is 0.414. The molecule has 148 valence electrons. The van der Waals surface area contributed by atoms with Gasteiger partial charge in [0.2, 0.25) is 5.91 Å². The van der Waals surface area contributed by atoms with Crippen LogP contribution in [-0.2, 0) is 22.1 Å². The second-order valence-electron chi connectivity index (χ2n) is 6.13. The molecule has 28 heavy (non-hydrogen) atoms. The second kappa shape index (κ2) is 8.35. The minimum atomic E-state index is -4.53. The number of para-hydroxylation sites is 1. The maximum absolute atomic E-state index is 13.0. The zero-order valence-electron chi connectivity index (χ0n) is 15.1. The summed E-state index contributed by atoms with van der Waals surface area (Å²) in [5, 5.41) is 3.42. The molecule has 1 amide bonds. The fourth-order valence-corrected chi connectivity index (χ4v) is 2.81. The van der Waals surface area contributed by atoms with E-state index in [1.807, 2.05) is 24.3 Å². The minimum Gasteiger partial charge on any atom is -0.489 e. The molecule has 1 aromatic heterocycles. The average Bonchev–Trinajstić information content (AvgIpc) is 3.05. The highest BCUT2D eigenvalue weighted by molar-refractivity contribution is 5.96. The van der Waals surface area contributed by atoms with E-state index in [0.29, 0.717) is 0 Å². The van der Waals surface area contributed by atoms with Crippen molar-refractivity contribution in [3.63, 3.8) is 0 Å². The van der Waals surface area contributed by atoms with E-state index in [1.54, 1.807) is 6.20 Å². The summed E-state index contributed by atoms with van der Waals surface area (Å²) in [5.74, 6) is -0.294. The first-order valence-electron chi connectivity index (χ1n) is 8.56. The van der Waals surface area contributed by atoms with E-state index in [-0.39, 0.29) is 31.1 Å². The lowest BCUT2D eigenvalue weighted by molar-refractivity contribution is -0.137. The van der Waals surface area contributed by atoms with E-state index in [0.717, 1.165) is 28.6 Å². The standard InChI is InChI=1S/C20H19F3N2O3/c1-27-8-9-28-18-7-6-14(20(21,22)23)11-17(18)25-19(26)10-13-12-24-16-5-3-2-4-15(13)16/h2-7,11-12,24H,8-10H2,1H3,(H,25,26). The number of H-pyrrole nitrogens is 1. The molecule has 0 radical (unpaired) electrons. The lowest BCUT2D eigenvalue weighted by Gasteiger charge is -2.15. The van der Waals surface area contributed by atoms with Crippen molar-refractivity contribution >= 4 is 22.5 Å². The van der Waals surface area contributed by atoms with Crippen LogP contribution in [0.2, 0.25) is 0 Å². The number of amides is 1. The maximum Gasteiger partial charge on any atom is 0.416 e. The van der Waals surface area contributed by atoms with Gasteiger partial charge in [0.25, 0.3) is 0 Å². The third-order valence-electron chi connectivity index (χ3n) is 4.15. The van der Waals surface area contributed by atoms with Crippen molar-refractivity contribution in [3.05, 3.63) is 59.8 Å². The van der Waals surface area contributed by atoms with Crippen molar-refractivity contribution in [1.82, 2.24) is 4.98 Å². The molecule has 0 saturated carbocycles. The number of benzene rings is 2. The van der Waals surface area contributed by atoms with Gasteiger partial charge < -0.3 is 19.8 Å². The number of hydrogen-bond donors (Lipinski definition) is 2. The molecule has 0 aliphatic heterocycles. The summed E-state index contributed by atoms with van der Waals surface area (Å²) < 4.78 is 49.5. The van der Waals surface area contributed by atoms with Crippen LogP contribution in [0.4, 0.5) is 18.9 Å². The van der Waals surface area contributed by atoms with Crippen molar-refractivity contribution in [3.8, 4) is 5.75 Å². The highest BCUT2D eigenvalue weighted by atomic mass is 19.4. The Morgan fingerprint density at radius 2 is 1.93 bits per heavy atom. The summed E-state index contributed by atoms with van der Waals surface area (Å²) >= 11 is 0. The van der Waals surface area contributed by atoms with Gasteiger partial charge in [0.05, 0.1) is 24.3 Å². The second-order valence-corrected chi connectivity index (χ2v) is 6.13. The Hall–Kier alpha value is -3.00. The largest absolute Gasteiger partial charge is 0.489 e. The Morgan fingerprint density at radius 3 is 2.68 bits per heavy atom. The number of fused-ring (bicyclic) bond motifs is 1. The number of aromatic amines is 1. The summed E-state index contributed by atoms with van der Waals surface area (Å²) in [5.41, 5.74) is 0.736. The quantitative estimate of drug-likeness (QED) is 0.586. The Balaban J connectivity index is 1.80. The van der Waals surface area contributed by atoms with Gasteiger partial charge in [-0.2, -0.15) is 13.2 Å². The van der Waals surface area contributed by atoms with Crippen LogP contribution >= 0.6 is 0 Å². The van der Waals surface area contributed by atoms with Gasteiger partial charge in [0.15, 0.2) is 0 Å². The first-order chi connectivity index (χ1) is 13.4. The molecule has 8 heteroatoms. The van der Waals surface area contributed by atoms with Crippen LogP contribution in [0, 0.1) is 0 Å². The van der Waals surface area contributed by atoms with Gasteiger partial charge >= 0.3 is 6.18 Å². The third kappa shape index (κ3) is 4.64. The molecule has 0 unspecified atom stereocenters. The van der Waals surface area contributed by atoms with Gasteiger partial charge in [0.1, 0.15) is 12.4 Å². The Morgan fingerprint density at radius 1 is 1.14 bits per heavy atom. The Kier molecular flexibility index (Phi) is 5.89. The average molecular weight is 392 g/mol. The molecule has 0 fully saturated rings. The van der Waals surface area contributed by atoms with E-state index in [2.05, 4.69) is 10.3 Å². The number of nitrogens with one attached hydrogen (secondary N) is 2. The van der Waals surface area contributed by atoms with Crippen LogP contribution in [0.25, 0.3) is 10.9 Å². The number of aromatic nitrogens is 1. The summed E-state index contributed by atoms with van der Waals surface area (Å²) in [6, 6.07) is 10.5. The zero-order chi connectivity index (χ0) is 20.1. The van der Waals surface area contributed by atoms with E-state index in [9.17, 15) is 18.0 Å². The highest BCUT2D eigenvalue weighted by Crippen LogP contribution is 2.35. The van der Waals surface area contributed by atoms with Crippen LogP contribution in [-0.4, -0.2) is 31.2 Å². The molecular formula is C20H19F3N2O3. The summed E-state index contributed by atoms with van der Waals surface area (Å²) in [7, 11) is 1.49. The molecule has 0 aliphatic rings. The number of carbonyl (C=O) groups is 1. The van der Waals surface area contributed by atoms with Crippen molar-refractivity contribution in [1.29, 1.82) is 0 Å². The van der Waals surface area contributed by atoms with Crippen molar-refractivity contribution in [2.24, 2.45) is 0 Å². The van der Waals surface area contributed by atoms with Gasteiger partial charge in [-0.1, -0.05) is 18.2 Å². The lowest BCUT2D eigenvalue weighted by Crippen LogP contribution is -2.17. The fraction of sp³-hybridized carbons (Fsp3) is 0.250. The van der Waals surface area contributed by atoms with Crippen molar-refractivity contribution < 1.29 is 27.4 Å². The first-order valence-corrected chi connectivity index (χ1v) is 8.56. The van der Waals surface area contributed by atoms with Gasteiger partial charge in [-0.3, -0.25) is 4.79 Å². The van der Waals surface area contributed by atoms with Crippen LogP contribution in [0.5, 0.6) is 5.75 Å². The molecule has 0 aliphatic carbocycles. The van der Waals surface area contributed by atoms with E-state index < -0.39 is 17.6 Å². The monoisotopic (exact) mass is 392 g/mol. The predicted molar refractivity (Wildman–Crippen MR) is 99.4 cm³/mol. The first kappa shape index (κ1) is 19.8. The van der Waals surface area contributed by atoms with Crippen molar-refractivity contribution in [2.45, 2.75) is 12.6 Å². The molecule has 3 aromatic rings. The van der Waals surface area contributed by atoms with Crippen LogP contribution < -0.4 is 10.1 Å². The predicted octanol–water partition coefficient (Wildman–Crippen LogP) is 4.39. The Bertz CT molecular complexity index is 967. The van der Waals surface area contributed by atoms with Crippen molar-refractivity contribution in [2.75, 3.05) is 25.6 Å². The van der Waals surface area contributed by atoms with Gasteiger partial charge in [-0.05, 0) is 29.8 Å². The fourth-order valence-electron chi connectivity index (χ4n) is 2.81. The highest BCUT2D eigenvalue weighted by Gasteiger charge is 2.31. The summed E-state index contributed by atoms with van der Waals surface area (Å²) in [6.07, 6.45) is -2.80. The van der Waals surface area contributed by atoms with Crippen LogP contribution in [0.15, 0.2) is 48.7 Å². The summed E-state index contributed by atoms with van der Waals surface area (Å²) in [4.78, 5) is 15.5. The normalized spacial score (nSPS) is 11.6. The SMILES string of the molecule is COCCOc1ccc(C(F)(F)F)cc1NC(=O)Cc1c[nH]c2ccccc12. The maximum atomic E-state index is 13.0. The van der Waals surface area contributed by atoms with Gasteiger partial charge in [-0.25, -0.2) is 0 Å². The molecule has 3 rings (SSSR count). The lowest BCUT2D eigenvalue weighted by atomic mass is 10.1. The van der Waals surface area contributed by atoms with Gasteiger partial charge in [0, 0.05) is 24.2 Å². The molecule has 0 saturated heterocycles. The van der Waals surface area contributed by atoms with E-state index in [1.165, 1.54) is 13.2 Å². The van der Waals surface area contributed by atoms with Gasteiger partial charge in [-0.15, -0.1) is 0 Å².